The lowest BCUT2D eigenvalue weighted by atomic mass is 9.98. The minimum absolute atomic E-state index is 0.0460. The number of rotatable bonds is 7. The van der Waals surface area contributed by atoms with Crippen LogP contribution in [0.15, 0.2) is 22.7 Å². The minimum Gasteiger partial charge on any atom is -0.478 e. The number of alkyl halides is 2. The van der Waals surface area contributed by atoms with Crippen molar-refractivity contribution in [2.24, 2.45) is 0 Å². The standard InChI is InChI=1S/C17H18BrF2NO2/c1-10-15(9-12(20)4-2-3-7-19)21-14-6-5-11(18)8-13(14)16(10)17(22)23/h5-6,8,12H,2-4,7,9H2,1H3,(H,22,23). The van der Waals surface area contributed by atoms with E-state index in [4.69, 9.17) is 0 Å². The molecule has 1 unspecified atom stereocenters. The van der Waals surface area contributed by atoms with Crippen LogP contribution < -0.4 is 0 Å². The second-order valence-electron chi connectivity index (χ2n) is 5.51. The molecule has 0 aliphatic rings. The van der Waals surface area contributed by atoms with Crippen LogP contribution in [0.1, 0.15) is 40.9 Å². The third kappa shape index (κ3) is 4.25. The van der Waals surface area contributed by atoms with E-state index in [1.54, 1.807) is 25.1 Å². The van der Waals surface area contributed by atoms with Crippen molar-refractivity contribution >= 4 is 32.8 Å². The van der Waals surface area contributed by atoms with Gasteiger partial charge in [-0.1, -0.05) is 15.9 Å². The largest absolute Gasteiger partial charge is 0.478 e. The van der Waals surface area contributed by atoms with E-state index in [2.05, 4.69) is 20.9 Å². The van der Waals surface area contributed by atoms with Crippen molar-refractivity contribution in [3.63, 3.8) is 0 Å². The molecule has 6 heteroatoms. The van der Waals surface area contributed by atoms with Crippen molar-refractivity contribution in [1.29, 1.82) is 0 Å². The number of carbonyl (C=O) groups is 1. The van der Waals surface area contributed by atoms with Crippen LogP contribution in [-0.2, 0) is 6.42 Å². The molecular weight excluding hydrogens is 368 g/mol. The number of carboxylic acids is 1. The third-order valence-electron chi connectivity index (χ3n) is 3.82. The normalized spacial score (nSPS) is 12.5. The summed E-state index contributed by atoms with van der Waals surface area (Å²) in [5.74, 6) is -1.05. The predicted octanol–water partition coefficient (Wildman–Crippen LogP) is 5.02. The zero-order valence-electron chi connectivity index (χ0n) is 12.8. The Bertz CT molecular complexity index is 721. The first-order chi connectivity index (χ1) is 10.9. The number of hydrogen-bond acceptors (Lipinski definition) is 2. The number of unbranched alkanes of at least 4 members (excludes halogenated alkanes) is 1. The van der Waals surface area contributed by atoms with Crippen molar-refractivity contribution < 1.29 is 18.7 Å². The van der Waals surface area contributed by atoms with E-state index in [1.807, 2.05) is 0 Å². The van der Waals surface area contributed by atoms with Crippen LogP contribution in [-0.4, -0.2) is 28.9 Å². The SMILES string of the molecule is Cc1c(CC(F)CCCCF)nc2ccc(Br)cc2c1C(=O)O. The Morgan fingerprint density at radius 3 is 2.78 bits per heavy atom. The van der Waals surface area contributed by atoms with Crippen LogP contribution in [0, 0.1) is 6.92 Å². The Morgan fingerprint density at radius 2 is 2.13 bits per heavy atom. The fraction of sp³-hybridized carbons (Fsp3) is 0.412. The number of aromatic nitrogens is 1. The van der Waals surface area contributed by atoms with Crippen molar-refractivity contribution in [1.82, 2.24) is 4.98 Å². The number of pyridine rings is 1. The van der Waals surface area contributed by atoms with Gasteiger partial charge in [-0.05, 0) is 49.9 Å². The van der Waals surface area contributed by atoms with Crippen molar-refractivity contribution in [3.8, 4) is 0 Å². The topological polar surface area (TPSA) is 50.2 Å². The van der Waals surface area contributed by atoms with Gasteiger partial charge in [0.2, 0.25) is 0 Å². The Morgan fingerprint density at radius 1 is 1.39 bits per heavy atom. The fourth-order valence-electron chi connectivity index (χ4n) is 2.63. The van der Waals surface area contributed by atoms with Gasteiger partial charge in [-0.15, -0.1) is 0 Å². The molecule has 3 nitrogen and oxygen atoms in total. The number of benzene rings is 1. The summed E-state index contributed by atoms with van der Waals surface area (Å²) in [5, 5.41) is 10.0. The maximum Gasteiger partial charge on any atom is 0.336 e. The molecule has 0 saturated heterocycles. The first kappa shape index (κ1) is 17.8. The zero-order valence-corrected chi connectivity index (χ0v) is 14.4. The molecule has 1 heterocycles. The number of aromatic carboxylic acids is 1. The average Bonchev–Trinajstić information content (AvgIpc) is 2.48. The second kappa shape index (κ2) is 7.81. The summed E-state index contributed by atoms with van der Waals surface area (Å²) in [5.41, 5.74) is 1.62. The first-order valence-corrected chi connectivity index (χ1v) is 8.25. The van der Waals surface area contributed by atoms with E-state index in [9.17, 15) is 18.7 Å². The van der Waals surface area contributed by atoms with E-state index in [0.717, 1.165) is 4.47 Å². The molecule has 124 valence electrons. The summed E-state index contributed by atoms with van der Waals surface area (Å²) in [6.45, 7) is 1.21. The third-order valence-corrected chi connectivity index (χ3v) is 4.31. The molecule has 1 N–H and O–H groups in total. The number of carboxylic acid groups (broad SMARTS) is 1. The monoisotopic (exact) mass is 385 g/mol. The number of halogens is 3. The van der Waals surface area contributed by atoms with E-state index in [-0.39, 0.29) is 18.4 Å². The first-order valence-electron chi connectivity index (χ1n) is 7.46. The van der Waals surface area contributed by atoms with Crippen molar-refractivity contribution in [2.45, 2.75) is 38.8 Å². The average molecular weight is 386 g/mol. The van der Waals surface area contributed by atoms with Gasteiger partial charge in [0.15, 0.2) is 0 Å². The summed E-state index contributed by atoms with van der Waals surface area (Å²) in [7, 11) is 0. The van der Waals surface area contributed by atoms with E-state index in [0.29, 0.717) is 35.0 Å². The quantitative estimate of drug-likeness (QED) is 0.680. The smallest absolute Gasteiger partial charge is 0.336 e. The molecule has 0 fully saturated rings. The molecule has 1 aromatic heterocycles. The maximum atomic E-state index is 14.1. The molecule has 0 aliphatic heterocycles. The molecule has 0 saturated carbocycles. The van der Waals surface area contributed by atoms with E-state index >= 15 is 0 Å². The highest BCUT2D eigenvalue weighted by Gasteiger charge is 2.19. The lowest BCUT2D eigenvalue weighted by Gasteiger charge is -2.14. The summed E-state index contributed by atoms with van der Waals surface area (Å²) in [4.78, 5) is 16.0. The van der Waals surface area contributed by atoms with Crippen molar-refractivity contribution in [2.75, 3.05) is 6.67 Å². The van der Waals surface area contributed by atoms with Gasteiger partial charge in [-0.3, -0.25) is 9.37 Å². The molecule has 0 amide bonds. The molecular formula is C17H18BrF2NO2. The molecule has 1 atom stereocenters. The molecule has 0 radical (unpaired) electrons. The van der Waals surface area contributed by atoms with Gasteiger partial charge in [0.25, 0.3) is 0 Å². The molecule has 1 aromatic carbocycles. The van der Waals surface area contributed by atoms with Gasteiger partial charge in [0.05, 0.1) is 17.8 Å². The molecule has 2 aromatic rings. The zero-order chi connectivity index (χ0) is 17.0. The fourth-order valence-corrected chi connectivity index (χ4v) is 2.99. The summed E-state index contributed by atoms with van der Waals surface area (Å²) in [6, 6.07) is 5.19. The lowest BCUT2D eigenvalue weighted by molar-refractivity contribution is 0.0698. The number of fused-ring (bicyclic) bond motifs is 1. The number of hydrogen-bond donors (Lipinski definition) is 1. The highest BCUT2D eigenvalue weighted by atomic mass is 79.9. The van der Waals surface area contributed by atoms with E-state index < -0.39 is 18.8 Å². The summed E-state index contributed by atoms with van der Waals surface area (Å²) < 4.78 is 26.9. The molecule has 23 heavy (non-hydrogen) atoms. The van der Waals surface area contributed by atoms with Crippen LogP contribution in [0.4, 0.5) is 8.78 Å². The van der Waals surface area contributed by atoms with Gasteiger partial charge >= 0.3 is 5.97 Å². The Balaban J connectivity index is 2.39. The Kier molecular flexibility index (Phi) is 6.04. The molecule has 0 spiro atoms. The lowest BCUT2D eigenvalue weighted by Crippen LogP contribution is -2.12. The van der Waals surface area contributed by atoms with Crippen LogP contribution in [0.5, 0.6) is 0 Å². The van der Waals surface area contributed by atoms with Gasteiger partial charge in [-0.25, -0.2) is 9.18 Å². The van der Waals surface area contributed by atoms with E-state index in [1.165, 1.54) is 0 Å². The van der Waals surface area contributed by atoms with Crippen LogP contribution in [0.2, 0.25) is 0 Å². The molecule has 0 bridgehead atoms. The van der Waals surface area contributed by atoms with Gasteiger partial charge in [-0.2, -0.15) is 0 Å². The van der Waals surface area contributed by atoms with Crippen LogP contribution in [0.3, 0.4) is 0 Å². The highest BCUT2D eigenvalue weighted by Crippen LogP contribution is 2.27. The minimum atomic E-state index is -1.15. The predicted molar refractivity (Wildman–Crippen MR) is 89.6 cm³/mol. The van der Waals surface area contributed by atoms with Gasteiger partial charge in [0, 0.05) is 22.0 Å². The molecule has 2 rings (SSSR count). The second-order valence-corrected chi connectivity index (χ2v) is 6.43. The van der Waals surface area contributed by atoms with Crippen molar-refractivity contribution in [3.05, 3.63) is 39.5 Å². The summed E-state index contributed by atoms with van der Waals surface area (Å²) >= 11 is 3.32. The maximum absolute atomic E-state index is 14.1. The highest BCUT2D eigenvalue weighted by molar-refractivity contribution is 9.10. The van der Waals surface area contributed by atoms with Crippen LogP contribution >= 0.6 is 15.9 Å². The van der Waals surface area contributed by atoms with Gasteiger partial charge < -0.3 is 5.11 Å². The Hall–Kier alpha value is -1.56. The number of nitrogens with zero attached hydrogens (tertiary/aromatic N) is 1. The van der Waals surface area contributed by atoms with Gasteiger partial charge in [0.1, 0.15) is 6.17 Å². The van der Waals surface area contributed by atoms with Crippen LogP contribution in [0.25, 0.3) is 10.9 Å². The summed E-state index contributed by atoms with van der Waals surface area (Å²) in [6.07, 6.45) is -0.0274. The molecule has 0 aliphatic carbocycles. The Labute approximate surface area is 141 Å².